The molecule has 0 saturated heterocycles. The third kappa shape index (κ3) is 1.13. The highest BCUT2D eigenvalue weighted by atomic mass is 16.5. The number of esters is 1. The molecule has 2 aromatic rings. The summed E-state index contributed by atoms with van der Waals surface area (Å²) in [5.41, 5.74) is 1.96. The first-order chi connectivity index (χ1) is 7.81. The van der Waals surface area contributed by atoms with E-state index < -0.39 is 0 Å². The molecule has 2 heterocycles. The van der Waals surface area contributed by atoms with Crippen molar-refractivity contribution in [1.29, 1.82) is 0 Å². The number of ether oxygens (including phenoxy) is 2. The SMILES string of the molecule is COC(=O)c1c2c(cc3ccoc13)OCC2. The minimum Gasteiger partial charge on any atom is -0.493 e. The largest absolute Gasteiger partial charge is 0.493 e. The lowest BCUT2D eigenvalue weighted by Crippen LogP contribution is -2.05. The summed E-state index contributed by atoms with van der Waals surface area (Å²) in [7, 11) is 1.37. The normalized spacial score (nSPS) is 13.6. The molecule has 1 aliphatic heterocycles. The van der Waals surface area contributed by atoms with E-state index in [1.807, 2.05) is 12.1 Å². The molecule has 0 bridgehead atoms. The maximum Gasteiger partial charge on any atom is 0.342 e. The highest BCUT2D eigenvalue weighted by molar-refractivity contribution is 6.04. The van der Waals surface area contributed by atoms with Crippen molar-refractivity contribution in [2.75, 3.05) is 13.7 Å². The lowest BCUT2D eigenvalue weighted by molar-refractivity contribution is 0.0600. The van der Waals surface area contributed by atoms with Crippen LogP contribution in [0.5, 0.6) is 5.75 Å². The van der Waals surface area contributed by atoms with Crippen molar-refractivity contribution >= 4 is 16.9 Å². The first-order valence-electron chi connectivity index (χ1n) is 5.05. The van der Waals surface area contributed by atoms with E-state index in [2.05, 4.69) is 0 Å². The van der Waals surface area contributed by atoms with Gasteiger partial charge in [-0.05, 0) is 12.1 Å². The summed E-state index contributed by atoms with van der Waals surface area (Å²) in [5.74, 6) is 0.386. The smallest absolute Gasteiger partial charge is 0.342 e. The van der Waals surface area contributed by atoms with E-state index in [1.165, 1.54) is 7.11 Å². The number of furan rings is 1. The first-order valence-corrected chi connectivity index (χ1v) is 5.05. The second-order valence-electron chi connectivity index (χ2n) is 3.66. The zero-order valence-electron chi connectivity index (χ0n) is 8.78. The zero-order valence-corrected chi connectivity index (χ0v) is 8.78. The molecule has 0 spiro atoms. The van der Waals surface area contributed by atoms with Gasteiger partial charge in [-0.25, -0.2) is 4.79 Å². The molecule has 1 aromatic heterocycles. The minimum atomic E-state index is -0.373. The third-order valence-electron chi connectivity index (χ3n) is 2.81. The number of methoxy groups -OCH3 is 1. The second-order valence-corrected chi connectivity index (χ2v) is 3.66. The highest BCUT2D eigenvalue weighted by Crippen LogP contribution is 2.35. The van der Waals surface area contributed by atoms with Crippen LogP contribution >= 0.6 is 0 Å². The lowest BCUT2D eigenvalue weighted by Gasteiger charge is -2.05. The van der Waals surface area contributed by atoms with Crippen LogP contribution in [0, 0.1) is 0 Å². The standard InChI is InChI=1S/C12H10O4/c1-14-12(13)10-8-3-5-15-9(8)6-7-2-4-16-11(7)10/h2,4,6H,3,5H2,1H3. The van der Waals surface area contributed by atoms with Crippen molar-refractivity contribution in [2.45, 2.75) is 6.42 Å². The van der Waals surface area contributed by atoms with E-state index in [0.717, 1.165) is 23.1 Å². The van der Waals surface area contributed by atoms with E-state index in [9.17, 15) is 4.79 Å². The number of fused-ring (bicyclic) bond motifs is 2. The van der Waals surface area contributed by atoms with Gasteiger partial charge in [-0.1, -0.05) is 0 Å². The van der Waals surface area contributed by atoms with Crippen molar-refractivity contribution in [3.05, 3.63) is 29.5 Å². The topological polar surface area (TPSA) is 48.7 Å². The average Bonchev–Trinajstić information content (AvgIpc) is 2.91. The fraction of sp³-hybridized carbons (Fsp3) is 0.250. The van der Waals surface area contributed by atoms with E-state index in [-0.39, 0.29) is 5.97 Å². The van der Waals surface area contributed by atoms with Gasteiger partial charge in [-0.3, -0.25) is 0 Å². The van der Waals surface area contributed by atoms with Gasteiger partial charge in [0.2, 0.25) is 0 Å². The van der Waals surface area contributed by atoms with Crippen molar-refractivity contribution in [2.24, 2.45) is 0 Å². The minimum absolute atomic E-state index is 0.373. The van der Waals surface area contributed by atoms with Crippen LogP contribution in [0.2, 0.25) is 0 Å². The maximum absolute atomic E-state index is 11.7. The molecule has 0 unspecified atom stereocenters. The van der Waals surface area contributed by atoms with Crippen LogP contribution < -0.4 is 4.74 Å². The molecule has 1 aromatic carbocycles. The predicted molar refractivity (Wildman–Crippen MR) is 56.8 cm³/mol. The molecule has 0 aliphatic carbocycles. The van der Waals surface area contributed by atoms with E-state index in [4.69, 9.17) is 13.9 Å². The Hall–Kier alpha value is -1.97. The Bertz CT molecular complexity index is 568. The molecular weight excluding hydrogens is 208 g/mol. The fourth-order valence-corrected chi connectivity index (χ4v) is 2.08. The van der Waals surface area contributed by atoms with E-state index in [0.29, 0.717) is 17.8 Å². The van der Waals surface area contributed by atoms with Crippen molar-refractivity contribution in [3.8, 4) is 5.75 Å². The van der Waals surface area contributed by atoms with E-state index in [1.54, 1.807) is 6.26 Å². The van der Waals surface area contributed by atoms with Gasteiger partial charge in [0.05, 0.1) is 20.0 Å². The van der Waals surface area contributed by atoms with Crippen LogP contribution in [0.3, 0.4) is 0 Å². The molecule has 4 heteroatoms. The lowest BCUT2D eigenvalue weighted by atomic mass is 10.0. The number of hydrogen-bond acceptors (Lipinski definition) is 4. The van der Waals surface area contributed by atoms with Crippen LogP contribution in [0.4, 0.5) is 0 Å². The first kappa shape index (κ1) is 9.27. The number of benzene rings is 1. The Kier molecular flexibility index (Phi) is 1.89. The molecule has 0 N–H and O–H groups in total. The molecule has 0 amide bonds. The van der Waals surface area contributed by atoms with Gasteiger partial charge in [0, 0.05) is 17.4 Å². The van der Waals surface area contributed by atoms with E-state index >= 15 is 0 Å². The number of rotatable bonds is 1. The summed E-state index contributed by atoms with van der Waals surface area (Å²) < 4.78 is 15.6. The molecular formula is C12H10O4. The van der Waals surface area contributed by atoms with Gasteiger partial charge < -0.3 is 13.9 Å². The van der Waals surface area contributed by atoms with Crippen LogP contribution in [-0.4, -0.2) is 19.7 Å². The highest BCUT2D eigenvalue weighted by Gasteiger charge is 2.25. The summed E-state index contributed by atoms with van der Waals surface area (Å²) in [4.78, 5) is 11.7. The van der Waals surface area contributed by atoms with Gasteiger partial charge in [0.1, 0.15) is 16.9 Å². The molecule has 0 fully saturated rings. The molecule has 1 aliphatic rings. The number of carbonyl (C=O) groups is 1. The molecule has 0 saturated carbocycles. The number of carbonyl (C=O) groups excluding carboxylic acids is 1. The average molecular weight is 218 g/mol. The zero-order chi connectivity index (χ0) is 11.1. The van der Waals surface area contributed by atoms with Crippen LogP contribution in [-0.2, 0) is 11.2 Å². The Balaban J connectivity index is 2.37. The van der Waals surface area contributed by atoms with Crippen LogP contribution in [0.25, 0.3) is 11.0 Å². The summed E-state index contributed by atoms with van der Waals surface area (Å²) >= 11 is 0. The molecule has 4 nitrogen and oxygen atoms in total. The van der Waals surface area contributed by atoms with Gasteiger partial charge in [-0.15, -0.1) is 0 Å². The molecule has 3 rings (SSSR count). The van der Waals surface area contributed by atoms with Crippen molar-refractivity contribution in [1.82, 2.24) is 0 Å². The summed E-state index contributed by atoms with van der Waals surface area (Å²) in [6.45, 7) is 0.603. The van der Waals surface area contributed by atoms with Gasteiger partial charge in [0.25, 0.3) is 0 Å². The van der Waals surface area contributed by atoms with Gasteiger partial charge in [0.15, 0.2) is 0 Å². The Morgan fingerprint density at radius 3 is 3.19 bits per heavy atom. The molecule has 16 heavy (non-hydrogen) atoms. The summed E-state index contributed by atoms with van der Waals surface area (Å²) in [6.07, 6.45) is 2.28. The fourth-order valence-electron chi connectivity index (χ4n) is 2.08. The summed E-state index contributed by atoms with van der Waals surface area (Å²) in [6, 6.07) is 3.71. The van der Waals surface area contributed by atoms with Crippen molar-refractivity contribution in [3.63, 3.8) is 0 Å². The van der Waals surface area contributed by atoms with Gasteiger partial charge in [-0.2, -0.15) is 0 Å². The Labute approximate surface area is 91.7 Å². The van der Waals surface area contributed by atoms with Crippen LogP contribution in [0.15, 0.2) is 22.8 Å². The summed E-state index contributed by atoms with van der Waals surface area (Å²) in [5, 5.41) is 0.862. The van der Waals surface area contributed by atoms with Crippen molar-refractivity contribution < 1.29 is 18.7 Å². The Morgan fingerprint density at radius 1 is 1.50 bits per heavy atom. The predicted octanol–water partition coefficient (Wildman–Crippen LogP) is 2.15. The van der Waals surface area contributed by atoms with Crippen LogP contribution in [0.1, 0.15) is 15.9 Å². The van der Waals surface area contributed by atoms with Gasteiger partial charge >= 0.3 is 5.97 Å². The third-order valence-corrected chi connectivity index (χ3v) is 2.81. The molecule has 82 valence electrons. The quantitative estimate of drug-likeness (QED) is 0.688. The number of hydrogen-bond donors (Lipinski definition) is 0. The maximum atomic E-state index is 11.7. The monoisotopic (exact) mass is 218 g/mol. The Morgan fingerprint density at radius 2 is 2.38 bits per heavy atom. The molecule has 0 atom stereocenters. The second kappa shape index (κ2) is 3.27. The molecule has 0 radical (unpaired) electrons.